The highest BCUT2D eigenvalue weighted by molar-refractivity contribution is 5.86. The first-order valence-corrected chi connectivity index (χ1v) is 10.2. The minimum absolute atomic E-state index is 0.0319. The fraction of sp³-hybridized carbons (Fsp3) is 0.455. The molecule has 1 N–H and O–H groups in total. The summed E-state index contributed by atoms with van der Waals surface area (Å²) in [7, 11) is 2.93. The van der Waals surface area contributed by atoms with Crippen molar-refractivity contribution in [1.29, 1.82) is 0 Å². The summed E-state index contributed by atoms with van der Waals surface area (Å²) in [6.07, 6.45) is 4.20. The van der Waals surface area contributed by atoms with Crippen LogP contribution < -0.4 is 10.1 Å². The van der Waals surface area contributed by atoms with Gasteiger partial charge in [0, 0.05) is 19.6 Å². The molecule has 166 valence electrons. The van der Waals surface area contributed by atoms with E-state index < -0.39 is 5.97 Å². The maximum atomic E-state index is 13.0. The highest BCUT2D eigenvalue weighted by Crippen LogP contribution is 2.28. The van der Waals surface area contributed by atoms with E-state index >= 15 is 0 Å². The van der Waals surface area contributed by atoms with Gasteiger partial charge in [0.1, 0.15) is 5.75 Å². The van der Waals surface area contributed by atoms with Gasteiger partial charge in [0.15, 0.2) is 5.69 Å². The van der Waals surface area contributed by atoms with Crippen LogP contribution in [0.3, 0.4) is 0 Å². The molecule has 1 saturated heterocycles. The first kappa shape index (κ1) is 22.5. The van der Waals surface area contributed by atoms with E-state index in [9.17, 15) is 9.59 Å². The second kappa shape index (κ2) is 10.2. The molecule has 1 aliphatic rings. The Morgan fingerprint density at radius 2 is 2.00 bits per heavy atom. The van der Waals surface area contributed by atoms with Crippen molar-refractivity contribution < 1.29 is 19.1 Å². The van der Waals surface area contributed by atoms with Crippen molar-refractivity contribution >= 4 is 11.9 Å². The van der Waals surface area contributed by atoms with Crippen LogP contribution in [0.2, 0.25) is 0 Å². The molecule has 31 heavy (non-hydrogen) atoms. The maximum Gasteiger partial charge on any atom is 0.360 e. The predicted molar refractivity (Wildman–Crippen MR) is 115 cm³/mol. The van der Waals surface area contributed by atoms with Crippen LogP contribution in [0.15, 0.2) is 42.1 Å². The van der Waals surface area contributed by atoms with Crippen LogP contribution in [0.4, 0.5) is 0 Å². The number of nitrogens with one attached hydrogen (secondary N) is 1. The first-order chi connectivity index (χ1) is 14.9. The number of esters is 1. The average molecular weight is 428 g/mol. The van der Waals surface area contributed by atoms with Gasteiger partial charge in [-0.3, -0.25) is 9.69 Å². The zero-order valence-corrected chi connectivity index (χ0v) is 18.4. The number of rotatable bonds is 8. The number of ether oxygens (including phenoxy) is 2. The number of aromatic nitrogens is 3. The fourth-order valence-electron chi connectivity index (χ4n) is 3.63. The molecule has 2 atom stereocenters. The molecule has 1 aliphatic heterocycles. The molecule has 1 aromatic heterocycles. The smallest absolute Gasteiger partial charge is 0.360 e. The molecule has 0 aliphatic carbocycles. The third kappa shape index (κ3) is 5.49. The van der Waals surface area contributed by atoms with Crippen LogP contribution in [0, 0.1) is 0 Å². The van der Waals surface area contributed by atoms with Crippen LogP contribution in [0.1, 0.15) is 42.4 Å². The molecule has 0 radical (unpaired) electrons. The molecular formula is C22H29N5O4. The first-order valence-electron chi connectivity index (χ1n) is 10.2. The third-order valence-corrected chi connectivity index (χ3v) is 5.53. The molecule has 0 spiro atoms. The van der Waals surface area contributed by atoms with Crippen molar-refractivity contribution in [2.45, 2.75) is 38.9 Å². The van der Waals surface area contributed by atoms with Crippen molar-refractivity contribution in [1.82, 2.24) is 25.2 Å². The zero-order chi connectivity index (χ0) is 22.4. The zero-order valence-electron chi connectivity index (χ0n) is 18.4. The van der Waals surface area contributed by atoms with Gasteiger partial charge >= 0.3 is 5.97 Å². The molecule has 1 amide bonds. The highest BCUT2D eigenvalue weighted by atomic mass is 16.5. The van der Waals surface area contributed by atoms with Crippen molar-refractivity contribution in [3.63, 3.8) is 0 Å². The summed E-state index contributed by atoms with van der Waals surface area (Å²) in [5.74, 6) is 0.219. The molecule has 0 saturated carbocycles. The van der Waals surface area contributed by atoms with Gasteiger partial charge in [0.25, 0.3) is 0 Å². The topological polar surface area (TPSA) is 98.6 Å². The SMILES string of the molecule is CC=C(C)CN1C[C@H](n2cc(C(=O)OC)nn2)C[C@H]1C(=O)NCc1ccc(OC)cc1. The highest BCUT2D eigenvalue weighted by Gasteiger charge is 2.38. The number of nitrogens with zero attached hydrogens (tertiary/aromatic N) is 4. The molecule has 9 heteroatoms. The Bertz CT molecular complexity index is 938. The van der Waals surface area contributed by atoms with Crippen LogP contribution >= 0.6 is 0 Å². The standard InChI is InChI=1S/C22H29N5O4/c1-5-15(2)12-26-13-17(27-14-19(24-25-27)22(29)31-4)10-20(26)21(28)23-11-16-6-8-18(30-3)9-7-16/h5-9,14,17,20H,10-13H2,1-4H3,(H,23,28)/t17-,20+/m1/s1. The van der Waals surface area contributed by atoms with E-state index in [0.29, 0.717) is 26.1 Å². The largest absolute Gasteiger partial charge is 0.497 e. The lowest BCUT2D eigenvalue weighted by molar-refractivity contribution is -0.125. The van der Waals surface area contributed by atoms with Crippen molar-refractivity contribution in [3.05, 3.63) is 53.4 Å². The number of hydrogen-bond acceptors (Lipinski definition) is 7. The number of hydrogen-bond donors (Lipinski definition) is 1. The maximum absolute atomic E-state index is 13.0. The van der Waals surface area contributed by atoms with Gasteiger partial charge in [-0.15, -0.1) is 5.10 Å². The number of likely N-dealkylation sites (tertiary alicyclic amines) is 1. The molecule has 0 unspecified atom stereocenters. The summed E-state index contributed by atoms with van der Waals surface area (Å²) in [5, 5.41) is 11.0. The summed E-state index contributed by atoms with van der Waals surface area (Å²) in [5.41, 5.74) is 2.34. The lowest BCUT2D eigenvalue weighted by Crippen LogP contribution is -2.43. The van der Waals surface area contributed by atoms with Crippen LogP contribution in [-0.2, 0) is 16.1 Å². The molecule has 1 aromatic carbocycles. The molecule has 2 heterocycles. The normalized spacial score (nSPS) is 19.3. The monoisotopic (exact) mass is 427 g/mol. The Labute approximate surface area is 182 Å². The van der Waals surface area contributed by atoms with E-state index in [1.54, 1.807) is 18.0 Å². The fourth-order valence-corrected chi connectivity index (χ4v) is 3.63. The predicted octanol–water partition coefficient (Wildman–Crippen LogP) is 1.97. The van der Waals surface area contributed by atoms with E-state index in [1.165, 1.54) is 12.7 Å². The summed E-state index contributed by atoms with van der Waals surface area (Å²) < 4.78 is 11.5. The van der Waals surface area contributed by atoms with E-state index in [0.717, 1.165) is 11.3 Å². The van der Waals surface area contributed by atoms with Gasteiger partial charge < -0.3 is 14.8 Å². The van der Waals surface area contributed by atoms with Crippen molar-refractivity contribution in [3.8, 4) is 5.75 Å². The second-order valence-electron chi connectivity index (χ2n) is 7.61. The van der Waals surface area contributed by atoms with Gasteiger partial charge in [-0.25, -0.2) is 9.48 Å². The van der Waals surface area contributed by atoms with Gasteiger partial charge in [0.2, 0.25) is 5.91 Å². The van der Waals surface area contributed by atoms with Crippen molar-refractivity contribution in [2.24, 2.45) is 0 Å². The number of methoxy groups -OCH3 is 2. The summed E-state index contributed by atoms with van der Waals surface area (Å²) in [4.78, 5) is 26.9. The van der Waals surface area contributed by atoms with E-state index in [1.807, 2.05) is 44.2 Å². The Morgan fingerprint density at radius 3 is 2.65 bits per heavy atom. The Balaban J connectivity index is 1.69. The molecule has 1 fully saturated rings. The third-order valence-electron chi connectivity index (χ3n) is 5.53. The van der Waals surface area contributed by atoms with Crippen LogP contribution in [-0.4, -0.2) is 65.1 Å². The molecule has 3 rings (SSSR count). The number of amides is 1. The lowest BCUT2D eigenvalue weighted by atomic mass is 10.1. The number of benzene rings is 1. The number of carbonyl (C=O) groups excluding carboxylic acids is 2. The van der Waals surface area contributed by atoms with Gasteiger partial charge in [-0.2, -0.15) is 0 Å². The second-order valence-corrected chi connectivity index (χ2v) is 7.61. The summed E-state index contributed by atoms with van der Waals surface area (Å²) >= 11 is 0. The van der Waals surface area contributed by atoms with Crippen LogP contribution in [0.25, 0.3) is 0 Å². The van der Waals surface area contributed by atoms with Gasteiger partial charge in [-0.1, -0.05) is 29.0 Å². The van der Waals surface area contributed by atoms with Crippen LogP contribution in [0.5, 0.6) is 5.75 Å². The molecule has 0 bridgehead atoms. The van der Waals surface area contributed by atoms with Crippen molar-refractivity contribution in [2.75, 3.05) is 27.3 Å². The van der Waals surface area contributed by atoms with E-state index in [2.05, 4.69) is 20.5 Å². The molecule has 2 aromatic rings. The Kier molecular flexibility index (Phi) is 7.41. The summed E-state index contributed by atoms with van der Waals surface area (Å²) in [6, 6.07) is 7.25. The Hall–Kier alpha value is -3.20. The van der Waals surface area contributed by atoms with E-state index in [4.69, 9.17) is 9.47 Å². The Morgan fingerprint density at radius 1 is 1.26 bits per heavy atom. The van der Waals surface area contributed by atoms with E-state index in [-0.39, 0.29) is 23.7 Å². The number of allylic oxidation sites excluding steroid dienone is 1. The average Bonchev–Trinajstić information content (AvgIpc) is 3.44. The van der Waals surface area contributed by atoms with Gasteiger partial charge in [0.05, 0.1) is 32.5 Å². The summed E-state index contributed by atoms with van der Waals surface area (Å²) in [6.45, 7) is 5.80. The molecular weight excluding hydrogens is 398 g/mol. The minimum Gasteiger partial charge on any atom is -0.497 e. The quantitative estimate of drug-likeness (QED) is 0.508. The molecule has 9 nitrogen and oxygen atoms in total. The minimum atomic E-state index is -0.528. The lowest BCUT2D eigenvalue weighted by Gasteiger charge is -2.23. The van der Waals surface area contributed by atoms with Gasteiger partial charge in [-0.05, 0) is 38.0 Å². The number of carbonyl (C=O) groups is 2.